The minimum atomic E-state index is 0. The van der Waals surface area contributed by atoms with Crippen LogP contribution in [0.25, 0.3) is 0 Å². The molecule has 0 amide bonds. The maximum atomic E-state index is 2.33. The summed E-state index contributed by atoms with van der Waals surface area (Å²) in [5.74, 6) is 9.20. The van der Waals surface area contributed by atoms with Crippen LogP contribution in [0, 0.1) is 233 Å². The largest absolute Gasteiger partial charge is 0.196 e. The molecular formula is C52H79P2Sm2-3. The third kappa shape index (κ3) is 15.0. The smallest absolute Gasteiger partial charge is 0.0617 e. The van der Waals surface area contributed by atoms with Crippen molar-refractivity contribution in [3.05, 3.63) is 157 Å². The molecule has 0 unspecified atom stereocenters. The summed E-state index contributed by atoms with van der Waals surface area (Å²) in [6.07, 6.45) is 0. The zero-order valence-corrected chi connectivity index (χ0v) is 47.6. The molecule has 0 fully saturated rings. The quantitative estimate of drug-likeness (QED) is 0.107. The van der Waals surface area contributed by atoms with E-state index in [1.165, 1.54) is 134 Å². The van der Waals surface area contributed by atoms with E-state index in [4.69, 9.17) is 0 Å². The Morgan fingerprint density at radius 1 is 0.321 bits per heavy atom. The van der Waals surface area contributed by atoms with E-state index in [0.29, 0.717) is 8.58 Å². The molecule has 0 atom stereocenters. The van der Waals surface area contributed by atoms with Crippen LogP contribution < -0.4 is 0 Å². The van der Waals surface area contributed by atoms with Crippen LogP contribution in [0.2, 0.25) is 0 Å². The van der Waals surface area contributed by atoms with Gasteiger partial charge in [-0.1, -0.05) is 138 Å². The monoisotopic (exact) mass is 1070 g/mol. The summed E-state index contributed by atoms with van der Waals surface area (Å²) in [6.45, 7) is 52.6. The van der Waals surface area contributed by atoms with Crippen molar-refractivity contribution >= 4 is 16.8 Å². The Morgan fingerprint density at radius 2 is 0.482 bits per heavy atom. The van der Waals surface area contributed by atoms with Gasteiger partial charge in [0.05, 0.1) is 11.6 Å². The van der Waals surface area contributed by atoms with Gasteiger partial charge in [0, 0.05) is 89.4 Å². The van der Waals surface area contributed by atoms with Gasteiger partial charge in [0.15, 0.2) is 0 Å². The number of aryl methyl sites for hydroxylation is 2. The summed E-state index contributed by atoms with van der Waals surface area (Å²) < 4.78 is 0. The first-order valence-electron chi connectivity index (χ1n) is 19.9. The summed E-state index contributed by atoms with van der Waals surface area (Å²) in [4.78, 5) is 0. The molecule has 6 rings (SSSR count). The van der Waals surface area contributed by atoms with Gasteiger partial charge in [0.1, 0.15) is 0 Å². The van der Waals surface area contributed by atoms with E-state index in [1.807, 2.05) is 0 Å². The normalized spacial score (nSPS) is 11.1. The third-order valence-corrected chi connectivity index (χ3v) is 16.4. The minimum Gasteiger partial charge on any atom is -0.196 e. The first-order valence-corrected chi connectivity index (χ1v) is 22.4. The molecule has 312 valence electrons. The number of hydrogen-bond donors (Lipinski definition) is 0. The summed E-state index contributed by atoms with van der Waals surface area (Å²) in [7, 11) is 1.48. The van der Waals surface area contributed by atoms with Gasteiger partial charge in [-0.05, 0) is 61.6 Å². The summed E-state index contributed by atoms with van der Waals surface area (Å²) >= 11 is 0. The molecule has 0 saturated carbocycles. The third-order valence-electron chi connectivity index (χ3n) is 13.8. The predicted molar refractivity (Wildman–Crippen MR) is 256 cm³/mol. The summed E-state index contributed by atoms with van der Waals surface area (Å²) in [5, 5.41) is 0. The first kappa shape index (κ1) is 57.9. The molecule has 4 heteroatoms. The molecular weight excluding hydrogens is 987 g/mol. The van der Waals surface area contributed by atoms with Crippen molar-refractivity contribution in [1.82, 2.24) is 0 Å². The zero-order valence-electron chi connectivity index (χ0n) is 40.2. The second-order valence-electron chi connectivity index (χ2n) is 16.2. The molecule has 1 aliphatic rings. The Morgan fingerprint density at radius 3 is 0.536 bits per heavy atom. The molecule has 5 aromatic rings. The SMILES string of the molecule is CC1=C[PH2+]C=C1C.Cc1c(C)c(C)[c-](C)c1C.Cc1c(C)c(C)[c-](C)c1C.Cc1c(C)c(C)[c-](C)c1C.Cc1c(C)c(C)[c-](C)c1C.Cc1c[pH]cc1C.[Sm].[Sm]. The maximum absolute atomic E-state index is 2.33. The average Bonchev–Trinajstić information content (AvgIpc) is 3.89. The number of allylic oxidation sites excluding steroid dienone is 2. The fourth-order valence-electron chi connectivity index (χ4n) is 6.74. The van der Waals surface area contributed by atoms with E-state index in [9.17, 15) is 0 Å². The van der Waals surface area contributed by atoms with E-state index in [0.717, 1.165) is 8.19 Å². The topological polar surface area (TPSA) is 0 Å². The van der Waals surface area contributed by atoms with Crippen LogP contribution in [0.3, 0.4) is 0 Å². The van der Waals surface area contributed by atoms with Gasteiger partial charge < -0.3 is 0 Å². The van der Waals surface area contributed by atoms with Crippen LogP contribution in [0.15, 0.2) is 34.4 Å². The van der Waals surface area contributed by atoms with Gasteiger partial charge in [-0.15, -0.1) is 8.19 Å². The van der Waals surface area contributed by atoms with Crippen molar-refractivity contribution in [2.24, 2.45) is 0 Å². The first-order chi connectivity index (χ1) is 24.8. The van der Waals surface area contributed by atoms with Gasteiger partial charge >= 0.3 is 0 Å². The predicted octanol–water partition coefficient (Wildman–Crippen LogP) is 16.3. The van der Waals surface area contributed by atoms with Crippen LogP contribution in [0.4, 0.5) is 0 Å². The molecule has 0 aliphatic carbocycles. The molecule has 0 radical (unpaired) electrons. The van der Waals surface area contributed by atoms with E-state index >= 15 is 0 Å². The van der Waals surface area contributed by atoms with Crippen molar-refractivity contribution in [2.45, 2.75) is 166 Å². The average molecular weight is 1070 g/mol. The zero-order chi connectivity index (χ0) is 42.1. The van der Waals surface area contributed by atoms with Crippen molar-refractivity contribution < 1.29 is 80.8 Å². The number of rotatable bonds is 0. The van der Waals surface area contributed by atoms with Crippen molar-refractivity contribution in [3.8, 4) is 0 Å². The van der Waals surface area contributed by atoms with Crippen LogP contribution in [-0.2, 0) is 0 Å². The molecule has 0 spiro atoms. The standard InChI is InChI=1S/4C10H15.2C6H9P.2Sm/c4*1-6-7(2)9(4)10(5)8(6)3;2*1-5-3-7-4-6(5)2;;/h4*1-5H3;2*3-4,7H,1-2H3;;/q4*-1;;;;/p+1. The van der Waals surface area contributed by atoms with E-state index in [-0.39, 0.29) is 80.8 Å². The van der Waals surface area contributed by atoms with Gasteiger partial charge in [0.25, 0.3) is 0 Å². The molecule has 2 heterocycles. The Balaban J connectivity index is 0. The van der Waals surface area contributed by atoms with Crippen LogP contribution in [0.1, 0.15) is 136 Å². The molecule has 56 heavy (non-hydrogen) atoms. The molecule has 0 N–H and O–H groups in total. The fraction of sp³-hybridized carbons (Fsp3) is 0.462. The van der Waals surface area contributed by atoms with Crippen LogP contribution in [0.5, 0.6) is 0 Å². The second kappa shape index (κ2) is 26.2. The molecule has 0 saturated heterocycles. The van der Waals surface area contributed by atoms with Crippen LogP contribution in [-0.4, -0.2) is 0 Å². The van der Waals surface area contributed by atoms with Crippen molar-refractivity contribution in [1.29, 1.82) is 0 Å². The van der Waals surface area contributed by atoms with Gasteiger partial charge in [-0.3, -0.25) is 0 Å². The van der Waals surface area contributed by atoms with E-state index in [2.05, 4.69) is 189 Å². The van der Waals surface area contributed by atoms with Gasteiger partial charge in [0.2, 0.25) is 0 Å². The van der Waals surface area contributed by atoms with Gasteiger partial charge in [-0.25, -0.2) is 0 Å². The Kier molecular flexibility index (Phi) is 27.0. The maximum Gasteiger partial charge on any atom is 0.0617 e. The molecule has 0 bridgehead atoms. The summed E-state index contributed by atoms with van der Waals surface area (Å²) in [6, 6.07) is 0. The summed E-state index contributed by atoms with van der Waals surface area (Å²) in [5.41, 5.74) is 35.2. The molecule has 1 aliphatic heterocycles. The van der Waals surface area contributed by atoms with E-state index in [1.54, 1.807) is 0 Å². The fourth-order valence-corrected chi connectivity index (χ4v) is 8.98. The Bertz CT molecular complexity index is 1490. The second-order valence-corrected chi connectivity index (χ2v) is 18.2. The Hall–Kier alpha value is -0.235. The molecule has 4 aromatic carbocycles. The Labute approximate surface area is 415 Å². The van der Waals surface area contributed by atoms with Crippen molar-refractivity contribution in [2.75, 3.05) is 0 Å². The van der Waals surface area contributed by atoms with Crippen LogP contribution >= 0.6 is 16.8 Å². The van der Waals surface area contributed by atoms with Gasteiger partial charge in [-0.2, -0.15) is 111 Å². The molecule has 0 nitrogen and oxygen atoms in total. The minimum absolute atomic E-state index is 0. The van der Waals surface area contributed by atoms with Crippen molar-refractivity contribution in [3.63, 3.8) is 0 Å². The van der Waals surface area contributed by atoms with E-state index < -0.39 is 0 Å². The molecule has 1 aromatic heterocycles. The number of hydrogen-bond acceptors (Lipinski definition) is 0.